The predicted octanol–water partition coefficient (Wildman–Crippen LogP) is 2.55. The van der Waals surface area contributed by atoms with Crippen LogP contribution in [0.5, 0.6) is 0 Å². The molecule has 3 rings (SSSR count). The van der Waals surface area contributed by atoms with Crippen LogP contribution in [0.3, 0.4) is 0 Å². The molecule has 0 amide bonds. The number of hydrogen-bond acceptors (Lipinski definition) is 2. The van der Waals surface area contributed by atoms with E-state index in [-0.39, 0.29) is 0 Å². The summed E-state index contributed by atoms with van der Waals surface area (Å²) in [7, 11) is 0. The van der Waals surface area contributed by atoms with Gasteiger partial charge in [0.15, 0.2) is 0 Å². The van der Waals surface area contributed by atoms with E-state index in [1.807, 2.05) is 30.5 Å². The molecule has 0 spiro atoms. The van der Waals surface area contributed by atoms with Crippen molar-refractivity contribution in [3.8, 4) is 0 Å². The first-order valence-electron chi connectivity index (χ1n) is 6.74. The summed E-state index contributed by atoms with van der Waals surface area (Å²) in [5.41, 5.74) is 12.6. The number of aromatic amines is 1. The van der Waals surface area contributed by atoms with E-state index in [1.54, 1.807) is 12.2 Å². The number of nitrogens with two attached hydrogens (primary N) is 2. The molecular formula is C16H18FN3. The molecule has 5 N–H and O–H groups in total. The van der Waals surface area contributed by atoms with E-state index in [1.165, 1.54) is 6.08 Å². The molecule has 2 aromatic rings. The Morgan fingerprint density at radius 2 is 2.10 bits per heavy atom. The molecule has 2 atom stereocenters. The highest BCUT2D eigenvalue weighted by Crippen LogP contribution is 2.30. The van der Waals surface area contributed by atoms with Gasteiger partial charge in [-0.2, -0.15) is 0 Å². The summed E-state index contributed by atoms with van der Waals surface area (Å²) in [5, 5.41) is 1.13. The topological polar surface area (TPSA) is 67.8 Å². The van der Waals surface area contributed by atoms with Gasteiger partial charge in [0.2, 0.25) is 0 Å². The third kappa shape index (κ3) is 2.23. The second-order valence-electron chi connectivity index (χ2n) is 5.32. The highest BCUT2D eigenvalue weighted by atomic mass is 19.1. The molecule has 0 aliphatic heterocycles. The fourth-order valence-corrected chi connectivity index (χ4v) is 2.70. The van der Waals surface area contributed by atoms with Gasteiger partial charge in [-0.25, -0.2) is 4.39 Å². The lowest BCUT2D eigenvalue weighted by molar-refractivity contribution is 0.190. The van der Waals surface area contributed by atoms with Crippen LogP contribution >= 0.6 is 0 Å². The number of aromatic nitrogens is 1. The highest BCUT2D eigenvalue weighted by molar-refractivity contribution is 5.83. The number of halogens is 1. The van der Waals surface area contributed by atoms with Crippen molar-refractivity contribution in [3.05, 3.63) is 60.0 Å². The zero-order valence-electron chi connectivity index (χ0n) is 11.1. The van der Waals surface area contributed by atoms with Crippen molar-refractivity contribution >= 4 is 10.9 Å². The number of aryl methyl sites for hydroxylation is 1. The van der Waals surface area contributed by atoms with E-state index >= 15 is 0 Å². The SMILES string of the molecule is NC1=CC(F)(CCc2c[nH]c3ccccc23)C(N)C=C1. The van der Waals surface area contributed by atoms with E-state index in [2.05, 4.69) is 4.98 Å². The van der Waals surface area contributed by atoms with Gasteiger partial charge < -0.3 is 16.5 Å². The molecule has 4 heteroatoms. The van der Waals surface area contributed by atoms with Crippen molar-refractivity contribution in [3.63, 3.8) is 0 Å². The summed E-state index contributed by atoms with van der Waals surface area (Å²) in [5.74, 6) is 0. The molecule has 1 aromatic carbocycles. The van der Waals surface area contributed by atoms with Gasteiger partial charge >= 0.3 is 0 Å². The van der Waals surface area contributed by atoms with Gasteiger partial charge in [0.1, 0.15) is 5.67 Å². The Morgan fingerprint density at radius 1 is 1.30 bits per heavy atom. The standard InChI is InChI=1S/C16H18FN3/c17-16(9-12(18)5-6-15(16)19)8-7-11-10-20-14-4-2-1-3-13(11)14/h1-6,9-10,15,20H,7-8,18-19H2. The first-order chi connectivity index (χ1) is 9.58. The van der Waals surface area contributed by atoms with Gasteiger partial charge in [0.25, 0.3) is 0 Å². The number of benzene rings is 1. The maximum atomic E-state index is 14.9. The molecule has 0 radical (unpaired) electrons. The van der Waals surface area contributed by atoms with Crippen molar-refractivity contribution in [1.29, 1.82) is 0 Å². The summed E-state index contributed by atoms with van der Waals surface area (Å²) in [6, 6.07) is 7.37. The van der Waals surface area contributed by atoms with Gasteiger partial charge in [-0.15, -0.1) is 0 Å². The summed E-state index contributed by atoms with van der Waals surface area (Å²) >= 11 is 0. The molecule has 0 bridgehead atoms. The smallest absolute Gasteiger partial charge is 0.150 e. The highest BCUT2D eigenvalue weighted by Gasteiger charge is 2.35. The summed E-state index contributed by atoms with van der Waals surface area (Å²) in [4.78, 5) is 3.20. The van der Waals surface area contributed by atoms with E-state index < -0.39 is 11.7 Å². The molecular weight excluding hydrogens is 253 g/mol. The lowest BCUT2D eigenvalue weighted by atomic mass is 9.86. The van der Waals surface area contributed by atoms with Gasteiger partial charge in [-0.05, 0) is 36.6 Å². The minimum Gasteiger partial charge on any atom is -0.399 e. The monoisotopic (exact) mass is 271 g/mol. The first kappa shape index (κ1) is 12.9. The quantitative estimate of drug-likeness (QED) is 0.803. The van der Waals surface area contributed by atoms with Crippen molar-refractivity contribution in [2.75, 3.05) is 0 Å². The van der Waals surface area contributed by atoms with Gasteiger partial charge in [-0.1, -0.05) is 24.3 Å². The van der Waals surface area contributed by atoms with Crippen LogP contribution in [0, 0.1) is 0 Å². The Kier molecular flexibility index (Phi) is 3.10. The summed E-state index contributed by atoms with van der Waals surface area (Å²) in [6.07, 6.45) is 7.60. The van der Waals surface area contributed by atoms with Crippen LogP contribution < -0.4 is 11.5 Å². The maximum Gasteiger partial charge on any atom is 0.150 e. The molecule has 3 nitrogen and oxygen atoms in total. The molecule has 2 unspecified atom stereocenters. The number of allylic oxidation sites excluding steroid dienone is 1. The second kappa shape index (κ2) is 4.80. The lowest BCUT2D eigenvalue weighted by Crippen LogP contribution is -2.44. The minimum atomic E-state index is -1.57. The number of alkyl halides is 1. The van der Waals surface area contributed by atoms with Crippen molar-refractivity contribution < 1.29 is 4.39 Å². The molecule has 0 saturated carbocycles. The molecule has 0 fully saturated rings. The molecule has 20 heavy (non-hydrogen) atoms. The van der Waals surface area contributed by atoms with E-state index in [9.17, 15) is 4.39 Å². The number of hydrogen-bond donors (Lipinski definition) is 3. The predicted molar refractivity (Wildman–Crippen MR) is 79.8 cm³/mol. The van der Waals surface area contributed by atoms with E-state index in [0.29, 0.717) is 18.5 Å². The summed E-state index contributed by atoms with van der Waals surface area (Å²) < 4.78 is 14.9. The van der Waals surface area contributed by atoms with Crippen LogP contribution in [-0.2, 0) is 6.42 Å². The van der Waals surface area contributed by atoms with Crippen LogP contribution in [0.2, 0.25) is 0 Å². The Balaban J connectivity index is 1.81. The molecule has 0 saturated heterocycles. The van der Waals surface area contributed by atoms with Crippen LogP contribution in [0.1, 0.15) is 12.0 Å². The number of fused-ring (bicyclic) bond motifs is 1. The fourth-order valence-electron chi connectivity index (χ4n) is 2.70. The Hall–Kier alpha value is -2.07. The molecule has 1 aliphatic carbocycles. The van der Waals surface area contributed by atoms with Gasteiger partial charge in [-0.3, -0.25) is 0 Å². The van der Waals surface area contributed by atoms with Crippen LogP contribution in [0.4, 0.5) is 4.39 Å². The van der Waals surface area contributed by atoms with Gasteiger partial charge in [0.05, 0.1) is 6.04 Å². The largest absolute Gasteiger partial charge is 0.399 e. The number of H-pyrrole nitrogens is 1. The summed E-state index contributed by atoms with van der Waals surface area (Å²) in [6.45, 7) is 0. The third-order valence-electron chi connectivity index (χ3n) is 3.91. The lowest BCUT2D eigenvalue weighted by Gasteiger charge is -2.29. The maximum absolute atomic E-state index is 14.9. The first-order valence-corrected chi connectivity index (χ1v) is 6.74. The van der Waals surface area contributed by atoms with E-state index in [4.69, 9.17) is 11.5 Å². The number of para-hydroxylation sites is 1. The Bertz CT molecular complexity index is 686. The van der Waals surface area contributed by atoms with E-state index in [0.717, 1.165) is 16.5 Å². The van der Waals surface area contributed by atoms with Crippen molar-refractivity contribution in [1.82, 2.24) is 4.98 Å². The molecule has 1 aromatic heterocycles. The second-order valence-corrected chi connectivity index (χ2v) is 5.32. The Morgan fingerprint density at radius 3 is 2.95 bits per heavy atom. The van der Waals surface area contributed by atoms with Crippen LogP contribution in [0.15, 0.2) is 54.4 Å². The van der Waals surface area contributed by atoms with Crippen molar-refractivity contribution in [2.24, 2.45) is 11.5 Å². The molecule has 1 aliphatic rings. The average Bonchev–Trinajstić information content (AvgIpc) is 2.85. The van der Waals surface area contributed by atoms with Gasteiger partial charge in [0, 0.05) is 22.8 Å². The fraction of sp³-hybridized carbons (Fsp3) is 0.250. The zero-order chi connectivity index (χ0) is 14.2. The minimum absolute atomic E-state index is 0.320. The van der Waals surface area contributed by atoms with Crippen molar-refractivity contribution in [2.45, 2.75) is 24.6 Å². The molecule has 1 heterocycles. The van der Waals surface area contributed by atoms with Crippen LogP contribution in [0.25, 0.3) is 10.9 Å². The number of rotatable bonds is 3. The molecule has 104 valence electrons. The Labute approximate surface area is 117 Å². The zero-order valence-corrected chi connectivity index (χ0v) is 11.1. The van der Waals surface area contributed by atoms with Crippen LogP contribution in [-0.4, -0.2) is 16.7 Å². The number of nitrogens with one attached hydrogen (secondary N) is 1. The third-order valence-corrected chi connectivity index (χ3v) is 3.91. The average molecular weight is 271 g/mol. The normalized spacial score (nSPS) is 25.9.